The second-order valence-corrected chi connectivity index (χ2v) is 5.35. The molecule has 5 nitrogen and oxygen atoms in total. The zero-order chi connectivity index (χ0) is 15.0. The van der Waals surface area contributed by atoms with Crippen molar-refractivity contribution < 1.29 is 13.9 Å². The van der Waals surface area contributed by atoms with Gasteiger partial charge in [-0.05, 0) is 36.4 Å². The summed E-state index contributed by atoms with van der Waals surface area (Å²) in [6.07, 6.45) is 0. The van der Waals surface area contributed by atoms with E-state index in [1.807, 2.05) is 24.3 Å². The maximum atomic E-state index is 11.8. The first kappa shape index (κ1) is 13.6. The number of fused-ring (bicyclic) bond motifs is 1. The van der Waals surface area contributed by atoms with Gasteiger partial charge in [-0.1, -0.05) is 15.9 Å². The smallest absolute Gasteiger partial charge is 0.341 e. The molecule has 0 aliphatic rings. The van der Waals surface area contributed by atoms with Crippen molar-refractivity contribution in [3.05, 3.63) is 46.4 Å². The largest absolute Gasteiger partial charge is 0.465 e. The van der Waals surface area contributed by atoms with Gasteiger partial charge >= 0.3 is 5.97 Å². The molecule has 0 saturated carbocycles. The van der Waals surface area contributed by atoms with Crippen molar-refractivity contribution in [1.29, 1.82) is 0 Å². The quantitative estimate of drug-likeness (QED) is 0.566. The van der Waals surface area contributed by atoms with Crippen LogP contribution in [0.15, 0.2) is 45.3 Å². The third-order valence-corrected chi connectivity index (χ3v) is 3.54. The Morgan fingerprint density at radius 2 is 2.00 bits per heavy atom. The molecule has 21 heavy (non-hydrogen) atoms. The van der Waals surface area contributed by atoms with Gasteiger partial charge in [-0.2, -0.15) is 0 Å². The zero-order valence-electron chi connectivity index (χ0n) is 11.1. The topological polar surface area (TPSA) is 78.4 Å². The van der Waals surface area contributed by atoms with E-state index in [0.29, 0.717) is 22.7 Å². The van der Waals surface area contributed by atoms with Crippen LogP contribution in [0.1, 0.15) is 10.4 Å². The molecule has 2 aromatic carbocycles. The molecule has 3 rings (SSSR count). The number of nitrogen functional groups attached to an aromatic ring is 1. The molecule has 2 N–H and O–H groups in total. The number of anilines is 1. The van der Waals surface area contributed by atoms with E-state index < -0.39 is 5.97 Å². The van der Waals surface area contributed by atoms with Crippen molar-refractivity contribution in [2.45, 2.75) is 0 Å². The Labute approximate surface area is 128 Å². The molecule has 0 amide bonds. The van der Waals surface area contributed by atoms with Crippen molar-refractivity contribution in [2.75, 3.05) is 12.8 Å². The summed E-state index contributed by atoms with van der Waals surface area (Å²) in [6.45, 7) is 0. The van der Waals surface area contributed by atoms with E-state index in [1.54, 1.807) is 6.07 Å². The van der Waals surface area contributed by atoms with Crippen LogP contribution in [0.25, 0.3) is 22.6 Å². The van der Waals surface area contributed by atoms with Crippen molar-refractivity contribution >= 4 is 38.7 Å². The predicted molar refractivity (Wildman–Crippen MR) is 82.9 cm³/mol. The van der Waals surface area contributed by atoms with E-state index in [9.17, 15) is 4.79 Å². The van der Waals surface area contributed by atoms with Gasteiger partial charge in [0, 0.05) is 15.7 Å². The Balaban J connectivity index is 2.19. The molecule has 0 saturated heterocycles. The molecule has 0 radical (unpaired) electrons. The molecule has 0 unspecified atom stereocenters. The highest BCUT2D eigenvalue weighted by atomic mass is 79.9. The van der Waals surface area contributed by atoms with E-state index in [4.69, 9.17) is 14.9 Å². The van der Waals surface area contributed by atoms with Crippen LogP contribution in [-0.4, -0.2) is 18.1 Å². The van der Waals surface area contributed by atoms with E-state index in [-0.39, 0.29) is 5.56 Å². The second-order valence-electron chi connectivity index (χ2n) is 4.43. The minimum atomic E-state index is -0.509. The lowest BCUT2D eigenvalue weighted by molar-refractivity contribution is 0.0602. The molecular weight excluding hydrogens is 336 g/mol. The first-order valence-corrected chi connectivity index (χ1v) is 6.92. The number of rotatable bonds is 2. The molecule has 0 aliphatic carbocycles. The standard InChI is InChI=1S/C15H11BrN2O3/c1-20-15(19)11-6-10(17)7-12-13(11)21-14(18-12)8-2-4-9(16)5-3-8/h2-7H,17H2,1H3. The van der Waals surface area contributed by atoms with Gasteiger partial charge in [0.2, 0.25) is 5.89 Å². The van der Waals surface area contributed by atoms with Crippen LogP contribution in [0.5, 0.6) is 0 Å². The minimum Gasteiger partial charge on any atom is -0.465 e. The van der Waals surface area contributed by atoms with Crippen LogP contribution < -0.4 is 5.73 Å². The molecule has 0 bridgehead atoms. The normalized spacial score (nSPS) is 10.8. The minimum absolute atomic E-state index is 0.267. The summed E-state index contributed by atoms with van der Waals surface area (Å²) < 4.78 is 11.4. The Kier molecular flexibility index (Phi) is 3.39. The maximum absolute atomic E-state index is 11.8. The average molecular weight is 347 g/mol. The molecule has 0 aliphatic heterocycles. The Morgan fingerprint density at radius 3 is 2.67 bits per heavy atom. The van der Waals surface area contributed by atoms with Gasteiger partial charge in [-0.15, -0.1) is 0 Å². The van der Waals surface area contributed by atoms with Gasteiger partial charge in [-0.25, -0.2) is 9.78 Å². The lowest BCUT2D eigenvalue weighted by atomic mass is 10.2. The molecule has 1 aromatic heterocycles. The number of benzene rings is 2. The van der Waals surface area contributed by atoms with Gasteiger partial charge in [0.25, 0.3) is 0 Å². The lowest BCUT2D eigenvalue weighted by Gasteiger charge is -2.00. The summed E-state index contributed by atoms with van der Waals surface area (Å²) in [6, 6.07) is 10.7. The summed E-state index contributed by atoms with van der Waals surface area (Å²) >= 11 is 3.37. The summed E-state index contributed by atoms with van der Waals surface area (Å²) in [4.78, 5) is 16.2. The molecule has 0 atom stereocenters. The molecule has 0 spiro atoms. The Bertz CT molecular complexity index is 825. The molecule has 106 valence electrons. The Morgan fingerprint density at radius 1 is 1.29 bits per heavy atom. The van der Waals surface area contributed by atoms with Crippen LogP contribution in [0.4, 0.5) is 5.69 Å². The van der Waals surface area contributed by atoms with Gasteiger partial charge in [-0.3, -0.25) is 0 Å². The number of nitrogens with zero attached hydrogens (tertiary/aromatic N) is 1. The lowest BCUT2D eigenvalue weighted by Crippen LogP contribution is -2.02. The SMILES string of the molecule is COC(=O)c1cc(N)cc2nc(-c3ccc(Br)cc3)oc12. The first-order valence-electron chi connectivity index (χ1n) is 6.13. The highest BCUT2D eigenvalue weighted by molar-refractivity contribution is 9.10. The van der Waals surface area contributed by atoms with Crippen molar-refractivity contribution in [1.82, 2.24) is 4.98 Å². The number of carbonyl (C=O) groups excluding carboxylic acids is 1. The number of halogens is 1. The number of ether oxygens (including phenoxy) is 1. The third kappa shape index (κ3) is 2.50. The van der Waals surface area contributed by atoms with E-state index in [1.165, 1.54) is 13.2 Å². The Hall–Kier alpha value is -2.34. The number of esters is 1. The maximum Gasteiger partial charge on any atom is 0.341 e. The summed E-state index contributed by atoms with van der Waals surface area (Å²) in [5.41, 5.74) is 8.19. The fourth-order valence-corrected chi connectivity index (χ4v) is 2.30. The van der Waals surface area contributed by atoms with Crippen LogP contribution >= 0.6 is 15.9 Å². The van der Waals surface area contributed by atoms with Crippen molar-refractivity contribution in [3.8, 4) is 11.5 Å². The molecular formula is C15H11BrN2O3. The monoisotopic (exact) mass is 346 g/mol. The molecule has 1 heterocycles. The predicted octanol–water partition coefficient (Wildman–Crippen LogP) is 3.63. The average Bonchev–Trinajstić information content (AvgIpc) is 2.89. The van der Waals surface area contributed by atoms with Crippen LogP contribution in [0.2, 0.25) is 0 Å². The zero-order valence-corrected chi connectivity index (χ0v) is 12.7. The van der Waals surface area contributed by atoms with Gasteiger partial charge in [0.1, 0.15) is 11.1 Å². The van der Waals surface area contributed by atoms with E-state index >= 15 is 0 Å². The number of carbonyl (C=O) groups is 1. The summed E-state index contributed by atoms with van der Waals surface area (Å²) in [5, 5.41) is 0. The molecule has 0 fully saturated rings. The van der Waals surface area contributed by atoms with Crippen LogP contribution in [-0.2, 0) is 4.74 Å². The number of aromatic nitrogens is 1. The van der Waals surface area contributed by atoms with Gasteiger partial charge in [0.05, 0.1) is 7.11 Å². The number of hydrogen-bond acceptors (Lipinski definition) is 5. The third-order valence-electron chi connectivity index (χ3n) is 3.01. The first-order chi connectivity index (χ1) is 10.1. The fraction of sp³-hybridized carbons (Fsp3) is 0.0667. The molecule has 3 aromatic rings. The van der Waals surface area contributed by atoms with E-state index in [0.717, 1.165) is 10.0 Å². The van der Waals surface area contributed by atoms with Gasteiger partial charge < -0.3 is 14.9 Å². The van der Waals surface area contributed by atoms with Crippen molar-refractivity contribution in [2.24, 2.45) is 0 Å². The number of methoxy groups -OCH3 is 1. The molecule has 6 heteroatoms. The van der Waals surface area contributed by atoms with Gasteiger partial charge in [0.15, 0.2) is 5.58 Å². The van der Waals surface area contributed by atoms with Crippen LogP contribution in [0, 0.1) is 0 Å². The summed E-state index contributed by atoms with van der Waals surface area (Å²) in [5.74, 6) is -0.0842. The second kappa shape index (κ2) is 5.21. The van der Waals surface area contributed by atoms with Crippen LogP contribution in [0.3, 0.4) is 0 Å². The number of hydrogen-bond donors (Lipinski definition) is 1. The fourth-order valence-electron chi connectivity index (χ4n) is 2.03. The van der Waals surface area contributed by atoms with E-state index in [2.05, 4.69) is 20.9 Å². The van der Waals surface area contributed by atoms with Crippen molar-refractivity contribution in [3.63, 3.8) is 0 Å². The highest BCUT2D eigenvalue weighted by Gasteiger charge is 2.18. The summed E-state index contributed by atoms with van der Waals surface area (Å²) in [7, 11) is 1.31. The highest BCUT2D eigenvalue weighted by Crippen LogP contribution is 2.29. The number of oxazole rings is 1. The number of nitrogens with two attached hydrogens (primary N) is 1.